The Morgan fingerprint density at radius 1 is 1.33 bits per heavy atom. The molecule has 104 valence electrons. The monoisotopic (exact) mass is 272 g/mol. The van der Waals surface area contributed by atoms with Crippen LogP contribution < -0.4 is 0 Å². The fourth-order valence-electron chi connectivity index (χ4n) is 1.29. The molecule has 0 radical (unpaired) electrons. The van der Waals surface area contributed by atoms with Crippen LogP contribution in [0, 0.1) is 0 Å². The molecule has 0 N–H and O–H groups in total. The first-order valence-corrected chi connectivity index (χ1v) is 9.06. The Morgan fingerprint density at radius 3 is 2.33 bits per heavy atom. The molecule has 0 amide bonds. The van der Waals surface area contributed by atoms with E-state index in [-0.39, 0.29) is 17.1 Å². The Labute approximate surface area is 110 Å². The Kier molecular flexibility index (Phi) is 4.41. The molecule has 1 heterocycles. The molecule has 18 heavy (non-hydrogen) atoms. The minimum atomic E-state index is -1.78. The zero-order valence-corrected chi connectivity index (χ0v) is 13.2. The molecule has 0 bridgehead atoms. The number of hydrogen-bond donors (Lipinski definition) is 0. The van der Waals surface area contributed by atoms with E-state index in [0.717, 1.165) is 5.57 Å². The minimum Gasteiger partial charge on any atom is -0.467 e. The zero-order valence-electron chi connectivity index (χ0n) is 12.2. The summed E-state index contributed by atoms with van der Waals surface area (Å²) in [5.41, 5.74) is 0.815. The maximum atomic E-state index is 11.2. The smallest absolute Gasteiger partial charge is 0.338 e. The second-order valence-electron chi connectivity index (χ2n) is 6.21. The number of esters is 1. The third-order valence-electron chi connectivity index (χ3n) is 3.75. The van der Waals surface area contributed by atoms with Crippen molar-refractivity contribution in [2.45, 2.75) is 51.1 Å². The molecule has 0 spiro atoms. The Morgan fingerprint density at radius 2 is 1.89 bits per heavy atom. The molecule has 0 aromatic heterocycles. The molecule has 4 nitrogen and oxygen atoms in total. The molecule has 0 aromatic carbocycles. The van der Waals surface area contributed by atoms with E-state index >= 15 is 0 Å². The predicted molar refractivity (Wildman–Crippen MR) is 73.0 cm³/mol. The third kappa shape index (κ3) is 3.43. The molecular weight excluding hydrogens is 248 g/mol. The van der Waals surface area contributed by atoms with Gasteiger partial charge in [-0.05, 0) is 23.7 Å². The standard InChI is InChI=1S/C13H24O4Si/c1-9(10-11(17-10)12(14)15-5)8-16-18(6,7)13(2,3)4/h10-11H,1,8H2,2-7H3/t10-,11+/m0/s1. The van der Waals surface area contributed by atoms with E-state index in [1.807, 2.05) is 0 Å². The van der Waals surface area contributed by atoms with Crippen LogP contribution in [0.4, 0.5) is 0 Å². The maximum absolute atomic E-state index is 11.2. The van der Waals surface area contributed by atoms with Gasteiger partial charge in [0.25, 0.3) is 0 Å². The SMILES string of the molecule is C=C(CO[Si](C)(C)C(C)(C)C)[C@@H]1O[C@H]1C(=O)OC. The second-order valence-corrected chi connectivity index (χ2v) is 11.0. The van der Waals surface area contributed by atoms with Gasteiger partial charge in [-0.15, -0.1) is 0 Å². The molecule has 0 aromatic rings. The molecule has 5 heteroatoms. The van der Waals surface area contributed by atoms with Crippen LogP contribution in [0.15, 0.2) is 12.2 Å². The average molecular weight is 272 g/mol. The first kappa shape index (κ1) is 15.4. The highest BCUT2D eigenvalue weighted by atomic mass is 28.4. The highest BCUT2D eigenvalue weighted by Gasteiger charge is 2.48. The quantitative estimate of drug-likeness (QED) is 0.334. The van der Waals surface area contributed by atoms with E-state index in [1.165, 1.54) is 7.11 Å². The number of epoxide rings is 1. The van der Waals surface area contributed by atoms with Crippen molar-refractivity contribution >= 4 is 14.3 Å². The summed E-state index contributed by atoms with van der Waals surface area (Å²) < 4.78 is 15.9. The summed E-state index contributed by atoms with van der Waals surface area (Å²) in [5.74, 6) is -0.339. The first-order chi connectivity index (χ1) is 8.10. The van der Waals surface area contributed by atoms with Gasteiger partial charge in [0.05, 0.1) is 13.7 Å². The summed E-state index contributed by atoms with van der Waals surface area (Å²) in [6, 6.07) is 0. The molecule has 1 rings (SSSR count). The molecule has 0 saturated carbocycles. The van der Waals surface area contributed by atoms with E-state index in [2.05, 4.69) is 45.2 Å². The molecule has 0 aliphatic carbocycles. The van der Waals surface area contributed by atoms with Gasteiger partial charge in [-0.2, -0.15) is 0 Å². The largest absolute Gasteiger partial charge is 0.467 e. The molecule has 1 saturated heterocycles. The third-order valence-corrected chi connectivity index (χ3v) is 8.23. The number of hydrogen-bond acceptors (Lipinski definition) is 4. The van der Waals surface area contributed by atoms with Crippen molar-refractivity contribution in [3.05, 3.63) is 12.2 Å². The summed E-state index contributed by atoms with van der Waals surface area (Å²) in [5, 5.41) is 0.166. The summed E-state index contributed by atoms with van der Waals surface area (Å²) >= 11 is 0. The number of rotatable bonds is 5. The topological polar surface area (TPSA) is 48.1 Å². The summed E-state index contributed by atoms with van der Waals surface area (Å²) in [7, 11) is -0.419. The molecule has 2 atom stereocenters. The molecular formula is C13H24O4Si. The summed E-state index contributed by atoms with van der Waals surface area (Å²) in [4.78, 5) is 11.2. The second kappa shape index (κ2) is 5.15. The lowest BCUT2D eigenvalue weighted by Gasteiger charge is -2.36. The Bertz CT molecular complexity index is 343. The average Bonchev–Trinajstić information content (AvgIpc) is 3.03. The van der Waals surface area contributed by atoms with Crippen molar-refractivity contribution in [3.63, 3.8) is 0 Å². The summed E-state index contributed by atoms with van der Waals surface area (Å²) in [6.45, 7) is 15.3. The summed E-state index contributed by atoms with van der Waals surface area (Å²) in [6.07, 6.45) is -0.715. The number of methoxy groups -OCH3 is 1. The van der Waals surface area contributed by atoms with Crippen LogP contribution in [0.25, 0.3) is 0 Å². The van der Waals surface area contributed by atoms with Crippen LogP contribution in [0.3, 0.4) is 0 Å². The van der Waals surface area contributed by atoms with Gasteiger partial charge in [0.2, 0.25) is 0 Å². The lowest BCUT2D eigenvalue weighted by Crippen LogP contribution is -2.41. The molecule has 1 aliphatic heterocycles. The van der Waals surface area contributed by atoms with E-state index in [0.29, 0.717) is 6.61 Å². The zero-order chi connectivity index (χ0) is 14.1. The number of carbonyl (C=O) groups is 1. The van der Waals surface area contributed by atoms with Crippen molar-refractivity contribution < 1.29 is 18.7 Å². The maximum Gasteiger partial charge on any atom is 0.338 e. The highest BCUT2D eigenvalue weighted by molar-refractivity contribution is 6.74. The van der Waals surface area contributed by atoms with Crippen molar-refractivity contribution in [1.82, 2.24) is 0 Å². The van der Waals surface area contributed by atoms with Crippen LogP contribution in [0.1, 0.15) is 20.8 Å². The van der Waals surface area contributed by atoms with Crippen LogP contribution in [0.2, 0.25) is 18.1 Å². The Balaban J connectivity index is 2.42. The van der Waals surface area contributed by atoms with Gasteiger partial charge in [0, 0.05) is 0 Å². The first-order valence-electron chi connectivity index (χ1n) is 6.15. The van der Waals surface area contributed by atoms with Gasteiger partial charge < -0.3 is 13.9 Å². The van der Waals surface area contributed by atoms with E-state index in [4.69, 9.17) is 9.16 Å². The fourth-order valence-corrected chi connectivity index (χ4v) is 2.27. The molecule has 0 unspecified atom stereocenters. The van der Waals surface area contributed by atoms with Crippen molar-refractivity contribution in [2.75, 3.05) is 13.7 Å². The van der Waals surface area contributed by atoms with Gasteiger partial charge in [-0.25, -0.2) is 4.79 Å². The predicted octanol–water partition coefficient (Wildman–Crippen LogP) is 2.50. The van der Waals surface area contributed by atoms with Crippen LogP contribution in [0.5, 0.6) is 0 Å². The van der Waals surface area contributed by atoms with Crippen LogP contribution in [-0.2, 0) is 18.7 Å². The fraction of sp³-hybridized carbons (Fsp3) is 0.769. The van der Waals surface area contributed by atoms with E-state index < -0.39 is 14.4 Å². The van der Waals surface area contributed by atoms with E-state index in [1.54, 1.807) is 0 Å². The van der Waals surface area contributed by atoms with Gasteiger partial charge in [0.1, 0.15) is 6.10 Å². The van der Waals surface area contributed by atoms with Crippen molar-refractivity contribution in [2.24, 2.45) is 0 Å². The minimum absolute atomic E-state index is 0.166. The Hall–Kier alpha value is -0.653. The van der Waals surface area contributed by atoms with E-state index in [9.17, 15) is 4.79 Å². The van der Waals surface area contributed by atoms with Gasteiger partial charge >= 0.3 is 5.97 Å². The number of carbonyl (C=O) groups excluding carboxylic acids is 1. The van der Waals surface area contributed by atoms with Gasteiger partial charge in [0.15, 0.2) is 14.4 Å². The highest BCUT2D eigenvalue weighted by Crippen LogP contribution is 2.37. The molecule has 1 aliphatic rings. The van der Waals surface area contributed by atoms with Crippen molar-refractivity contribution in [1.29, 1.82) is 0 Å². The molecule has 1 fully saturated rings. The van der Waals surface area contributed by atoms with Crippen LogP contribution >= 0.6 is 0 Å². The lowest BCUT2D eigenvalue weighted by atomic mass is 10.2. The van der Waals surface area contributed by atoms with Gasteiger partial charge in [-0.1, -0.05) is 27.4 Å². The normalized spacial score (nSPS) is 23.7. The lowest BCUT2D eigenvalue weighted by molar-refractivity contribution is -0.142. The van der Waals surface area contributed by atoms with Crippen molar-refractivity contribution in [3.8, 4) is 0 Å². The van der Waals surface area contributed by atoms with Crippen LogP contribution in [-0.4, -0.2) is 40.2 Å². The van der Waals surface area contributed by atoms with Gasteiger partial charge in [-0.3, -0.25) is 0 Å². The number of ether oxygens (including phenoxy) is 2.